The molecule has 0 aliphatic carbocycles. The van der Waals surface area contributed by atoms with Gasteiger partial charge in [0.25, 0.3) is 0 Å². The molecule has 0 saturated heterocycles. The highest BCUT2D eigenvalue weighted by molar-refractivity contribution is 6.30. The highest BCUT2D eigenvalue weighted by Crippen LogP contribution is 2.28. The van der Waals surface area contributed by atoms with E-state index in [0.29, 0.717) is 28.9 Å². The summed E-state index contributed by atoms with van der Waals surface area (Å²) in [6.07, 6.45) is 0. The van der Waals surface area contributed by atoms with Gasteiger partial charge in [-0.2, -0.15) is 0 Å². The predicted octanol–water partition coefficient (Wildman–Crippen LogP) is 4.72. The topological polar surface area (TPSA) is 67.9 Å². The van der Waals surface area contributed by atoms with Gasteiger partial charge in [-0.15, -0.1) is 0 Å². The van der Waals surface area contributed by atoms with Crippen molar-refractivity contribution in [3.05, 3.63) is 64.8 Å². The van der Waals surface area contributed by atoms with Gasteiger partial charge in [-0.05, 0) is 37.3 Å². The van der Waals surface area contributed by atoms with Crippen molar-refractivity contribution in [2.75, 3.05) is 7.11 Å². The fourth-order valence-corrected chi connectivity index (χ4v) is 2.50. The monoisotopic (exact) mass is 356 g/mol. The van der Waals surface area contributed by atoms with Crippen LogP contribution in [0.4, 0.5) is 0 Å². The predicted molar refractivity (Wildman–Crippen MR) is 97.5 cm³/mol. The maximum absolute atomic E-state index is 10.1. The molecule has 25 heavy (non-hydrogen) atoms. The van der Waals surface area contributed by atoms with Crippen LogP contribution in [0, 0.1) is 0 Å². The van der Waals surface area contributed by atoms with E-state index in [1.165, 1.54) is 0 Å². The van der Waals surface area contributed by atoms with Crippen molar-refractivity contribution in [3.8, 4) is 23.1 Å². The first-order valence-corrected chi connectivity index (χ1v) is 8.05. The van der Waals surface area contributed by atoms with Gasteiger partial charge in [-0.3, -0.25) is 4.99 Å². The van der Waals surface area contributed by atoms with Crippen LogP contribution in [0.1, 0.15) is 18.2 Å². The maximum Gasteiger partial charge on any atom is 0.312 e. The van der Waals surface area contributed by atoms with Gasteiger partial charge in [0.2, 0.25) is 5.89 Å². The molecule has 6 heteroatoms. The Labute approximate surface area is 150 Å². The molecule has 0 fully saturated rings. The Morgan fingerprint density at radius 1 is 1.20 bits per heavy atom. The first-order valence-electron chi connectivity index (χ1n) is 7.67. The lowest BCUT2D eigenvalue weighted by Crippen LogP contribution is -1.98. The number of halogens is 1. The van der Waals surface area contributed by atoms with Gasteiger partial charge in [0.1, 0.15) is 5.75 Å². The quantitative estimate of drug-likeness (QED) is 0.672. The Morgan fingerprint density at radius 3 is 2.64 bits per heavy atom. The third-order valence-corrected chi connectivity index (χ3v) is 3.97. The van der Waals surface area contributed by atoms with E-state index in [-0.39, 0.29) is 5.95 Å². The Balaban J connectivity index is 1.84. The van der Waals surface area contributed by atoms with Crippen molar-refractivity contribution < 1.29 is 14.3 Å². The van der Waals surface area contributed by atoms with Crippen LogP contribution in [0.5, 0.6) is 11.7 Å². The molecule has 0 aliphatic rings. The highest BCUT2D eigenvalue weighted by atomic mass is 35.5. The maximum atomic E-state index is 10.1. The zero-order chi connectivity index (χ0) is 17.8. The van der Waals surface area contributed by atoms with E-state index in [0.717, 1.165) is 16.9 Å². The zero-order valence-corrected chi connectivity index (χ0v) is 14.6. The average molecular weight is 357 g/mol. The van der Waals surface area contributed by atoms with Crippen molar-refractivity contribution in [2.45, 2.75) is 13.5 Å². The van der Waals surface area contributed by atoms with Gasteiger partial charge < -0.3 is 14.3 Å². The standard InChI is InChI=1S/C19H17ClN2O3/c1-12(21-11-14-5-3-4-6-16(14)24-2)17-19(23)25-18(22-17)13-7-9-15(20)10-8-13/h3-10,23H,11H2,1-2H3. The summed E-state index contributed by atoms with van der Waals surface area (Å²) in [5, 5.41) is 10.7. The number of rotatable bonds is 5. The minimum Gasteiger partial charge on any atom is -0.496 e. The smallest absolute Gasteiger partial charge is 0.312 e. The number of aromatic hydroxyl groups is 1. The Kier molecular flexibility index (Phi) is 5.05. The minimum atomic E-state index is -0.258. The molecule has 0 atom stereocenters. The Morgan fingerprint density at radius 2 is 1.92 bits per heavy atom. The van der Waals surface area contributed by atoms with Crippen LogP contribution < -0.4 is 4.74 Å². The van der Waals surface area contributed by atoms with E-state index in [9.17, 15) is 5.11 Å². The van der Waals surface area contributed by atoms with Crippen molar-refractivity contribution in [2.24, 2.45) is 4.99 Å². The van der Waals surface area contributed by atoms with E-state index < -0.39 is 0 Å². The van der Waals surface area contributed by atoms with Gasteiger partial charge in [0.05, 0.1) is 19.4 Å². The van der Waals surface area contributed by atoms with Crippen LogP contribution in [0.3, 0.4) is 0 Å². The van der Waals surface area contributed by atoms with E-state index in [4.69, 9.17) is 20.8 Å². The number of oxazole rings is 1. The number of nitrogens with zero attached hydrogens (tertiary/aromatic N) is 2. The third-order valence-electron chi connectivity index (χ3n) is 3.72. The van der Waals surface area contributed by atoms with Crippen molar-refractivity contribution >= 4 is 17.3 Å². The first kappa shape index (κ1) is 17.0. The van der Waals surface area contributed by atoms with Crippen LogP contribution in [0.25, 0.3) is 11.5 Å². The SMILES string of the molecule is COc1ccccc1CN=C(C)c1nc(-c2ccc(Cl)cc2)oc1O. The highest BCUT2D eigenvalue weighted by Gasteiger charge is 2.16. The molecule has 1 N–H and O–H groups in total. The second-order valence-electron chi connectivity index (χ2n) is 5.39. The van der Waals surface area contributed by atoms with Crippen molar-refractivity contribution in [1.29, 1.82) is 0 Å². The Hall–Kier alpha value is -2.79. The van der Waals surface area contributed by atoms with Gasteiger partial charge in [0.15, 0.2) is 5.69 Å². The van der Waals surface area contributed by atoms with Gasteiger partial charge in [-0.25, -0.2) is 4.98 Å². The van der Waals surface area contributed by atoms with Crippen LogP contribution in [0.2, 0.25) is 5.02 Å². The van der Waals surface area contributed by atoms with Gasteiger partial charge in [0, 0.05) is 16.1 Å². The van der Waals surface area contributed by atoms with Crippen LogP contribution in [-0.2, 0) is 6.54 Å². The average Bonchev–Trinajstić information content (AvgIpc) is 3.02. The molecule has 128 valence electrons. The molecule has 0 saturated carbocycles. The second kappa shape index (κ2) is 7.40. The number of para-hydroxylation sites is 1. The summed E-state index contributed by atoms with van der Waals surface area (Å²) in [4.78, 5) is 8.83. The molecule has 1 heterocycles. The zero-order valence-electron chi connectivity index (χ0n) is 13.9. The fourth-order valence-electron chi connectivity index (χ4n) is 2.38. The number of hydrogen-bond donors (Lipinski definition) is 1. The van der Waals surface area contributed by atoms with Crippen LogP contribution >= 0.6 is 11.6 Å². The second-order valence-corrected chi connectivity index (χ2v) is 5.83. The van der Waals surface area contributed by atoms with Gasteiger partial charge in [-0.1, -0.05) is 29.8 Å². The lowest BCUT2D eigenvalue weighted by atomic mass is 10.2. The number of benzene rings is 2. The van der Waals surface area contributed by atoms with Crippen LogP contribution in [0.15, 0.2) is 57.9 Å². The van der Waals surface area contributed by atoms with Gasteiger partial charge >= 0.3 is 5.95 Å². The lowest BCUT2D eigenvalue weighted by Gasteiger charge is -2.05. The molecule has 2 aromatic carbocycles. The summed E-state index contributed by atoms with van der Waals surface area (Å²) in [6, 6.07) is 14.7. The molecular weight excluding hydrogens is 340 g/mol. The molecule has 1 aromatic heterocycles. The molecule has 0 unspecified atom stereocenters. The number of methoxy groups -OCH3 is 1. The van der Waals surface area contributed by atoms with Crippen LogP contribution in [-0.4, -0.2) is 22.9 Å². The fraction of sp³-hybridized carbons (Fsp3) is 0.158. The Bertz CT molecular complexity index is 901. The first-order chi connectivity index (χ1) is 12.1. The van der Waals surface area contributed by atoms with E-state index in [1.807, 2.05) is 24.3 Å². The summed E-state index contributed by atoms with van der Waals surface area (Å²) < 4.78 is 10.7. The summed E-state index contributed by atoms with van der Waals surface area (Å²) in [7, 11) is 1.62. The number of ether oxygens (including phenoxy) is 1. The largest absolute Gasteiger partial charge is 0.496 e. The molecule has 5 nitrogen and oxygen atoms in total. The third kappa shape index (κ3) is 3.83. The van der Waals surface area contributed by atoms with E-state index >= 15 is 0 Å². The molecule has 0 spiro atoms. The molecule has 3 aromatic rings. The molecule has 3 rings (SSSR count). The molecule has 0 radical (unpaired) electrons. The summed E-state index contributed by atoms with van der Waals surface area (Å²) in [5.74, 6) is 0.826. The van der Waals surface area contributed by atoms with Crippen molar-refractivity contribution in [1.82, 2.24) is 4.98 Å². The number of hydrogen-bond acceptors (Lipinski definition) is 5. The minimum absolute atomic E-state index is 0.258. The molecular formula is C19H17ClN2O3. The summed E-state index contributed by atoms with van der Waals surface area (Å²) in [5.41, 5.74) is 2.57. The number of aliphatic imine (C=N–C) groups is 1. The molecule has 0 amide bonds. The van der Waals surface area contributed by atoms with Crippen molar-refractivity contribution in [3.63, 3.8) is 0 Å². The lowest BCUT2D eigenvalue weighted by molar-refractivity contribution is 0.336. The summed E-state index contributed by atoms with van der Waals surface area (Å²) >= 11 is 5.88. The van der Waals surface area contributed by atoms with E-state index in [1.54, 1.807) is 38.3 Å². The molecule has 0 aliphatic heterocycles. The normalized spacial score (nSPS) is 11.6. The summed E-state index contributed by atoms with van der Waals surface area (Å²) in [6.45, 7) is 2.19. The van der Waals surface area contributed by atoms with E-state index in [2.05, 4.69) is 9.98 Å². The number of aromatic nitrogens is 1. The molecule has 0 bridgehead atoms.